The SMILES string of the molecule is CSc1ccc(S(=O)c2ccc(Cl)c([N+](=O)[O-])c2)cc1. The Labute approximate surface area is 127 Å². The first-order valence-corrected chi connectivity index (χ1v) is 8.28. The van der Waals surface area contributed by atoms with Crippen molar-refractivity contribution >= 4 is 39.8 Å². The van der Waals surface area contributed by atoms with Gasteiger partial charge >= 0.3 is 0 Å². The monoisotopic (exact) mass is 327 g/mol. The van der Waals surface area contributed by atoms with Crippen molar-refractivity contribution < 1.29 is 9.13 Å². The number of benzene rings is 2. The molecule has 0 aliphatic rings. The Kier molecular flexibility index (Phi) is 4.80. The highest BCUT2D eigenvalue weighted by Gasteiger charge is 2.16. The molecule has 1 unspecified atom stereocenters. The second-order valence-electron chi connectivity index (χ2n) is 3.81. The number of hydrogen-bond donors (Lipinski definition) is 0. The van der Waals surface area contributed by atoms with Crippen LogP contribution in [0.3, 0.4) is 0 Å². The van der Waals surface area contributed by atoms with Crippen molar-refractivity contribution in [2.45, 2.75) is 14.7 Å². The van der Waals surface area contributed by atoms with E-state index in [0.717, 1.165) is 4.90 Å². The zero-order valence-electron chi connectivity index (χ0n) is 10.4. The Morgan fingerprint density at radius 1 is 1.15 bits per heavy atom. The Morgan fingerprint density at radius 3 is 2.30 bits per heavy atom. The molecular weight excluding hydrogens is 318 g/mol. The summed E-state index contributed by atoms with van der Waals surface area (Å²) in [4.78, 5) is 12.3. The van der Waals surface area contributed by atoms with Gasteiger partial charge in [-0.15, -0.1) is 11.8 Å². The van der Waals surface area contributed by atoms with Crippen LogP contribution in [-0.2, 0) is 10.8 Å². The first-order chi connectivity index (χ1) is 9.52. The molecule has 0 heterocycles. The van der Waals surface area contributed by atoms with Crippen LogP contribution >= 0.6 is 23.4 Å². The molecule has 2 rings (SSSR count). The third-order valence-electron chi connectivity index (χ3n) is 2.60. The summed E-state index contributed by atoms with van der Waals surface area (Å²) in [7, 11) is -1.46. The summed E-state index contributed by atoms with van der Waals surface area (Å²) < 4.78 is 12.4. The quantitative estimate of drug-likeness (QED) is 0.481. The molecule has 20 heavy (non-hydrogen) atoms. The van der Waals surface area contributed by atoms with Crippen molar-refractivity contribution in [3.8, 4) is 0 Å². The summed E-state index contributed by atoms with van der Waals surface area (Å²) in [6.45, 7) is 0. The third kappa shape index (κ3) is 3.20. The fourth-order valence-corrected chi connectivity index (χ4v) is 3.24. The zero-order valence-corrected chi connectivity index (χ0v) is 12.8. The first-order valence-electron chi connectivity index (χ1n) is 5.52. The van der Waals surface area contributed by atoms with Gasteiger partial charge in [0.15, 0.2) is 0 Å². The lowest BCUT2D eigenvalue weighted by molar-refractivity contribution is -0.384. The molecule has 0 radical (unpaired) electrons. The average Bonchev–Trinajstić information content (AvgIpc) is 2.47. The highest BCUT2D eigenvalue weighted by atomic mass is 35.5. The minimum Gasteiger partial charge on any atom is -0.258 e. The van der Waals surface area contributed by atoms with E-state index in [0.29, 0.717) is 9.79 Å². The lowest BCUT2D eigenvalue weighted by Crippen LogP contribution is -1.96. The van der Waals surface area contributed by atoms with Gasteiger partial charge in [0, 0.05) is 15.9 Å². The van der Waals surface area contributed by atoms with Gasteiger partial charge in [-0.25, -0.2) is 4.21 Å². The number of halogens is 1. The average molecular weight is 328 g/mol. The van der Waals surface area contributed by atoms with Gasteiger partial charge in [-0.2, -0.15) is 0 Å². The second kappa shape index (κ2) is 6.39. The Balaban J connectivity index is 2.37. The third-order valence-corrected chi connectivity index (χ3v) is 5.05. The highest BCUT2D eigenvalue weighted by Crippen LogP contribution is 2.28. The molecule has 0 aliphatic heterocycles. The first kappa shape index (κ1) is 15.0. The Morgan fingerprint density at radius 2 is 1.75 bits per heavy atom. The maximum absolute atomic E-state index is 12.4. The highest BCUT2D eigenvalue weighted by molar-refractivity contribution is 7.98. The van der Waals surface area contributed by atoms with E-state index >= 15 is 0 Å². The number of rotatable bonds is 4. The molecule has 7 heteroatoms. The Hall–Kier alpha value is -1.37. The molecule has 1 atom stereocenters. The fourth-order valence-electron chi connectivity index (χ4n) is 1.58. The van der Waals surface area contributed by atoms with Gasteiger partial charge in [-0.1, -0.05) is 11.6 Å². The minimum absolute atomic E-state index is 0.0356. The molecule has 0 fully saturated rings. The van der Waals surface area contributed by atoms with Crippen LogP contribution in [0.1, 0.15) is 0 Å². The number of thioether (sulfide) groups is 1. The standard InChI is InChI=1S/C13H10ClNO3S2/c1-19-9-2-4-10(5-3-9)20(18)11-6-7-12(14)13(8-11)15(16)17/h2-8H,1H3. The van der Waals surface area contributed by atoms with Crippen molar-refractivity contribution in [3.05, 3.63) is 57.6 Å². The Bertz CT molecular complexity index is 674. The maximum Gasteiger partial charge on any atom is 0.289 e. The normalized spacial score (nSPS) is 12.1. The molecule has 0 aliphatic carbocycles. The number of nitro groups is 1. The van der Waals surface area contributed by atoms with Gasteiger partial charge in [0.25, 0.3) is 5.69 Å². The van der Waals surface area contributed by atoms with Crippen LogP contribution in [0.25, 0.3) is 0 Å². The summed E-state index contributed by atoms with van der Waals surface area (Å²) in [6, 6.07) is 11.4. The van der Waals surface area contributed by atoms with E-state index in [1.165, 1.54) is 18.2 Å². The number of nitro benzene ring substituents is 1. The van der Waals surface area contributed by atoms with Gasteiger partial charge < -0.3 is 0 Å². The van der Waals surface area contributed by atoms with Crippen LogP contribution < -0.4 is 0 Å². The van der Waals surface area contributed by atoms with Crippen LogP contribution in [-0.4, -0.2) is 15.4 Å². The number of nitrogens with zero attached hydrogens (tertiary/aromatic N) is 1. The summed E-state index contributed by atoms with van der Waals surface area (Å²) >= 11 is 7.33. The summed E-state index contributed by atoms with van der Waals surface area (Å²) in [5.41, 5.74) is -0.238. The van der Waals surface area contributed by atoms with E-state index in [2.05, 4.69) is 0 Å². The molecule has 0 N–H and O–H groups in total. The van der Waals surface area contributed by atoms with E-state index in [1.54, 1.807) is 23.9 Å². The molecule has 4 nitrogen and oxygen atoms in total. The summed E-state index contributed by atoms with van der Waals surface area (Å²) in [5, 5.41) is 10.9. The van der Waals surface area contributed by atoms with Crippen LogP contribution in [0, 0.1) is 10.1 Å². The van der Waals surface area contributed by atoms with Crippen LogP contribution in [0.2, 0.25) is 5.02 Å². The zero-order chi connectivity index (χ0) is 14.7. The maximum atomic E-state index is 12.4. The minimum atomic E-state index is -1.46. The van der Waals surface area contributed by atoms with Gasteiger partial charge in [0.2, 0.25) is 0 Å². The molecule has 104 valence electrons. The van der Waals surface area contributed by atoms with E-state index in [-0.39, 0.29) is 10.7 Å². The molecule has 0 saturated carbocycles. The lowest BCUT2D eigenvalue weighted by atomic mass is 10.3. The molecule has 2 aromatic carbocycles. The van der Waals surface area contributed by atoms with Crippen LogP contribution in [0.15, 0.2) is 57.2 Å². The molecule has 0 spiro atoms. The molecule has 0 bridgehead atoms. The summed E-state index contributed by atoms with van der Waals surface area (Å²) in [6.07, 6.45) is 1.95. The van der Waals surface area contributed by atoms with Gasteiger partial charge in [0.05, 0.1) is 20.6 Å². The molecule has 0 saturated heterocycles. The van der Waals surface area contributed by atoms with E-state index in [9.17, 15) is 14.3 Å². The molecule has 0 aromatic heterocycles. The molecular formula is C13H10ClNO3S2. The predicted octanol–water partition coefficient (Wildman–Crippen LogP) is 4.14. The lowest BCUT2D eigenvalue weighted by Gasteiger charge is -2.04. The van der Waals surface area contributed by atoms with Gasteiger partial charge in [0.1, 0.15) is 5.02 Å². The van der Waals surface area contributed by atoms with E-state index < -0.39 is 15.7 Å². The van der Waals surface area contributed by atoms with Crippen LogP contribution in [0.5, 0.6) is 0 Å². The molecule has 0 amide bonds. The van der Waals surface area contributed by atoms with Crippen LogP contribution in [0.4, 0.5) is 5.69 Å². The second-order valence-corrected chi connectivity index (χ2v) is 6.58. The topological polar surface area (TPSA) is 60.2 Å². The van der Waals surface area contributed by atoms with Crippen molar-refractivity contribution in [2.24, 2.45) is 0 Å². The summed E-state index contributed by atoms with van der Waals surface area (Å²) in [5.74, 6) is 0. The van der Waals surface area contributed by atoms with E-state index in [1.807, 2.05) is 18.4 Å². The van der Waals surface area contributed by atoms with Crippen molar-refractivity contribution in [2.75, 3.05) is 6.26 Å². The predicted molar refractivity (Wildman–Crippen MR) is 81.0 cm³/mol. The smallest absolute Gasteiger partial charge is 0.258 e. The largest absolute Gasteiger partial charge is 0.289 e. The number of hydrogen-bond acceptors (Lipinski definition) is 4. The van der Waals surface area contributed by atoms with Crippen molar-refractivity contribution in [3.63, 3.8) is 0 Å². The van der Waals surface area contributed by atoms with Gasteiger partial charge in [-0.05, 0) is 42.7 Å². The molecule has 2 aromatic rings. The fraction of sp³-hybridized carbons (Fsp3) is 0.0769. The van der Waals surface area contributed by atoms with Crippen molar-refractivity contribution in [1.29, 1.82) is 0 Å². The van der Waals surface area contributed by atoms with Gasteiger partial charge in [-0.3, -0.25) is 10.1 Å². The van der Waals surface area contributed by atoms with Crippen molar-refractivity contribution in [1.82, 2.24) is 0 Å². The van der Waals surface area contributed by atoms with E-state index in [4.69, 9.17) is 11.6 Å².